The molecule has 0 unspecified atom stereocenters. The Morgan fingerprint density at radius 3 is 2.86 bits per heavy atom. The molecule has 0 radical (unpaired) electrons. The third kappa shape index (κ3) is 3.40. The summed E-state index contributed by atoms with van der Waals surface area (Å²) < 4.78 is 6.76. The number of aryl methyl sites for hydroxylation is 2. The Morgan fingerprint density at radius 2 is 2.14 bits per heavy atom. The fourth-order valence-electron chi connectivity index (χ4n) is 3.45. The van der Waals surface area contributed by atoms with E-state index in [9.17, 15) is 9.59 Å². The largest absolute Gasteiger partial charge is 0.497 e. The molecule has 0 N–H and O–H groups in total. The van der Waals surface area contributed by atoms with Crippen LogP contribution in [0.3, 0.4) is 0 Å². The summed E-state index contributed by atoms with van der Waals surface area (Å²) in [5, 5.41) is 1.32. The molecule has 4 rings (SSSR count). The van der Waals surface area contributed by atoms with Crippen LogP contribution in [0.5, 0.6) is 5.75 Å². The number of benzene rings is 1. The van der Waals surface area contributed by atoms with Crippen LogP contribution in [0.25, 0.3) is 10.2 Å². The fraction of sp³-hybridized carbons (Fsp3) is 0.286. The molecule has 0 bridgehead atoms. The van der Waals surface area contributed by atoms with Crippen molar-refractivity contribution in [3.05, 3.63) is 63.3 Å². The number of hydrogen-bond acceptors (Lipinski definition) is 6. The second-order valence-electron chi connectivity index (χ2n) is 6.58. The predicted octanol–water partition coefficient (Wildman–Crippen LogP) is 4.12. The van der Waals surface area contributed by atoms with Gasteiger partial charge in [-0.3, -0.25) is 14.2 Å². The first-order valence-corrected chi connectivity index (χ1v) is 10.9. The molecular formula is C21H20N2O3S2. The van der Waals surface area contributed by atoms with Crippen LogP contribution in [-0.2, 0) is 19.4 Å². The number of Topliss-reactive ketones (excluding diaryl/α,β-unsaturated/α-hetero) is 1. The molecule has 1 aromatic carbocycles. The summed E-state index contributed by atoms with van der Waals surface area (Å²) in [5.74, 6) is 0.912. The van der Waals surface area contributed by atoms with Gasteiger partial charge in [-0.2, -0.15) is 0 Å². The number of aromatic nitrogens is 2. The number of nitrogens with zero attached hydrogens (tertiary/aromatic N) is 2. The van der Waals surface area contributed by atoms with E-state index >= 15 is 0 Å². The van der Waals surface area contributed by atoms with Gasteiger partial charge in [0.15, 0.2) is 10.9 Å². The lowest BCUT2D eigenvalue weighted by Crippen LogP contribution is -2.23. The standard InChI is InChI=1S/C21H20N2O3S2/c1-3-11-23-20(25)18-15-5-4-6-17(15)28-19(18)22-21(23)27-12-16(24)13-7-9-14(26-2)10-8-13/h3,7-10H,1,4-6,11-12H2,2H3. The molecule has 0 amide bonds. The van der Waals surface area contributed by atoms with Crippen LogP contribution in [-0.4, -0.2) is 28.2 Å². The number of ketones is 1. The van der Waals surface area contributed by atoms with Crippen molar-refractivity contribution in [3.63, 3.8) is 0 Å². The molecule has 2 heterocycles. The molecule has 2 aromatic heterocycles. The van der Waals surface area contributed by atoms with Crippen molar-refractivity contribution in [2.75, 3.05) is 12.9 Å². The van der Waals surface area contributed by atoms with Gasteiger partial charge in [0.1, 0.15) is 10.6 Å². The van der Waals surface area contributed by atoms with E-state index in [1.165, 1.54) is 22.2 Å². The van der Waals surface area contributed by atoms with Crippen LogP contribution in [0.2, 0.25) is 0 Å². The molecule has 0 fully saturated rings. The summed E-state index contributed by atoms with van der Waals surface area (Å²) in [4.78, 5) is 32.5. The van der Waals surface area contributed by atoms with Gasteiger partial charge < -0.3 is 4.74 Å². The summed E-state index contributed by atoms with van der Waals surface area (Å²) in [7, 11) is 1.59. The van der Waals surface area contributed by atoms with Crippen molar-refractivity contribution in [1.29, 1.82) is 0 Å². The molecule has 0 saturated heterocycles. The number of ether oxygens (including phenoxy) is 1. The minimum atomic E-state index is -0.0244. The first kappa shape index (κ1) is 19.0. The van der Waals surface area contributed by atoms with Gasteiger partial charge in [-0.1, -0.05) is 17.8 Å². The van der Waals surface area contributed by atoms with Crippen molar-refractivity contribution in [2.45, 2.75) is 31.0 Å². The molecule has 3 aromatic rings. The molecule has 1 aliphatic carbocycles. The number of fused-ring (bicyclic) bond motifs is 3. The second-order valence-corrected chi connectivity index (χ2v) is 8.60. The van der Waals surface area contributed by atoms with Crippen LogP contribution in [0.4, 0.5) is 0 Å². The Morgan fingerprint density at radius 1 is 1.36 bits per heavy atom. The minimum absolute atomic E-state index is 0.0131. The second kappa shape index (κ2) is 7.93. The highest BCUT2D eigenvalue weighted by atomic mass is 32.2. The van der Waals surface area contributed by atoms with Crippen LogP contribution in [0.15, 0.2) is 46.9 Å². The van der Waals surface area contributed by atoms with Crippen molar-refractivity contribution in [1.82, 2.24) is 9.55 Å². The molecule has 5 nitrogen and oxygen atoms in total. The highest BCUT2D eigenvalue weighted by Gasteiger charge is 2.23. The maximum Gasteiger partial charge on any atom is 0.263 e. The number of allylic oxidation sites excluding steroid dienone is 1. The maximum absolute atomic E-state index is 13.1. The van der Waals surface area contributed by atoms with Gasteiger partial charge in [-0.25, -0.2) is 4.98 Å². The van der Waals surface area contributed by atoms with Gasteiger partial charge in [-0.15, -0.1) is 17.9 Å². The molecule has 0 aliphatic heterocycles. The van der Waals surface area contributed by atoms with E-state index in [4.69, 9.17) is 9.72 Å². The molecule has 0 atom stereocenters. The number of methoxy groups -OCH3 is 1. The quantitative estimate of drug-likeness (QED) is 0.253. The highest BCUT2D eigenvalue weighted by molar-refractivity contribution is 7.99. The van der Waals surface area contributed by atoms with Crippen molar-refractivity contribution in [3.8, 4) is 5.75 Å². The van der Waals surface area contributed by atoms with Crippen LogP contribution < -0.4 is 10.3 Å². The molecule has 0 saturated carbocycles. The lowest BCUT2D eigenvalue weighted by molar-refractivity contribution is 0.102. The number of thiophene rings is 1. The van der Waals surface area contributed by atoms with Crippen molar-refractivity contribution < 1.29 is 9.53 Å². The zero-order chi connectivity index (χ0) is 19.7. The van der Waals surface area contributed by atoms with E-state index in [0.717, 1.165) is 29.5 Å². The number of hydrogen-bond donors (Lipinski definition) is 0. The van der Waals surface area contributed by atoms with Gasteiger partial charge in [-0.05, 0) is 49.1 Å². The summed E-state index contributed by atoms with van der Waals surface area (Å²) >= 11 is 2.91. The van der Waals surface area contributed by atoms with E-state index in [-0.39, 0.29) is 17.1 Å². The summed E-state index contributed by atoms with van der Waals surface area (Å²) in [6.07, 6.45) is 4.76. The Bertz CT molecular complexity index is 1110. The maximum atomic E-state index is 13.1. The highest BCUT2D eigenvalue weighted by Crippen LogP contribution is 2.35. The van der Waals surface area contributed by atoms with E-state index in [0.29, 0.717) is 23.0 Å². The zero-order valence-corrected chi connectivity index (χ0v) is 17.2. The summed E-state index contributed by atoms with van der Waals surface area (Å²) in [6, 6.07) is 7.03. The van der Waals surface area contributed by atoms with E-state index in [2.05, 4.69) is 6.58 Å². The van der Waals surface area contributed by atoms with Crippen LogP contribution in [0.1, 0.15) is 27.2 Å². The predicted molar refractivity (Wildman–Crippen MR) is 114 cm³/mol. The Labute approximate surface area is 171 Å². The average Bonchev–Trinajstić information content (AvgIpc) is 3.29. The monoisotopic (exact) mass is 412 g/mol. The molecule has 1 aliphatic rings. The zero-order valence-electron chi connectivity index (χ0n) is 15.6. The number of carbonyl (C=O) groups excluding carboxylic acids is 1. The summed E-state index contributed by atoms with van der Waals surface area (Å²) in [5.41, 5.74) is 1.76. The van der Waals surface area contributed by atoms with E-state index < -0.39 is 0 Å². The van der Waals surface area contributed by atoms with Gasteiger partial charge in [0.05, 0.1) is 18.2 Å². The molecular weight excluding hydrogens is 392 g/mol. The van der Waals surface area contributed by atoms with Crippen LogP contribution in [0, 0.1) is 0 Å². The molecule has 144 valence electrons. The first-order valence-electron chi connectivity index (χ1n) is 9.08. The normalized spacial score (nSPS) is 12.9. The SMILES string of the molecule is C=CCn1c(SCC(=O)c2ccc(OC)cc2)nc2sc3c(c2c1=O)CCC3. The van der Waals surface area contributed by atoms with Gasteiger partial charge >= 0.3 is 0 Å². The van der Waals surface area contributed by atoms with E-state index in [1.807, 2.05) is 0 Å². The molecule has 7 heteroatoms. The van der Waals surface area contributed by atoms with Gasteiger partial charge in [0, 0.05) is 17.0 Å². The van der Waals surface area contributed by atoms with Gasteiger partial charge in [0.25, 0.3) is 5.56 Å². The smallest absolute Gasteiger partial charge is 0.263 e. The lowest BCUT2D eigenvalue weighted by Gasteiger charge is -2.10. The summed E-state index contributed by atoms with van der Waals surface area (Å²) in [6.45, 7) is 4.14. The fourth-order valence-corrected chi connectivity index (χ4v) is 5.65. The third-order valence-electron chi connectivity index (χ3n) is 4.85. The number of thioether (sulfide) groups is 1. The molecule has 28 heavy (non-hydrogen) atoms. The first-order chi connectivity index (χ1) is 13.6. The average molecular weight is 413 g/mol. The number of rotatable bonds is 7. The Balaban J connectivity index is 1.64. The van der Waals surface area contributed by atoms with Gasteiger partial charge in [0.2, 0.25) is 0 Å². The minimum Gasteiger partial charge on any atom is -0.497 e. The third-order valence-corrected chi connectivity index (χ3v) is 7.01. The van der Waals surface area contributed by atoms with E-state index in [1.54, 1.807) is 53.4 Å². The molecule has 0 spiro atoms. The Kier molecular flexibility index (Phi) is 5.37. The van der Waals surface area contributed by atoms with Crippen molar-refractivity contribution >= 4 is 39.1 Å². The lowest BCUT2D eigenvalue weighted by atomic mass is 10.1. The van der Waals surface area contributed by atoms with Crippen molar-refractivity contribution in [2.24, 2.45) is 0 Å². The Hall–Kier alpha value is -2.38. The number of carbonyl (C=O) groups is 1. The van der Waals surface area contributed by atoms with Crippen LogP contribution >= 0.6 is 23.1 Å². The topological polar surface area (TPSA) is 61.2 Å².